The molecule has 0 amide bonds. The van der Waals surface area contributed by atoms with Crippen LogP contribution in [0.3, 0.4) is 0 Å². The number of benzene rings is 2. The second-order valence-electron chi connectivity index (χ2n) is 5.68. The zero-order valence-corrected chi connectivity index (χ0v) is 15.4. The molecule has 0 unspecified atom stereocenters. The Balaban J connectivity index is 1.92. The third-order valence-electron chi connectivity index (χ3n) is 3.78. The molecule has 2 rings (SSSR count). The van der Waals surface area contributed by atoms with E-state index >= 15 is 0 Å². The summed E-state index contributed by atoms with van der Waals surface area (Å²) in [5.41, 5.74) is 3.41. The van der Waals surface area contributed by atoms with E-state index in [1.165, 1.54) is 5.56 Å². The maximum absolute atomic E-state index is 5.53. The van der Waals surface area contributed by atoms with Crippen LogP contribution in [-0.4, -0.2) is 26.7 Å². The summed E-state index contributed by atoms with van der Waals surface area (Å²) in [7, 11) is 3.45. The normalized spacial score (nSPS) is 11.1. The smallest absolute Gasteiger partial charge is 0.191 e. The first kappa shape index (κ1) is 18.6. The number of aryl methyl sites for hydroxylation is 1. The molecular weight excluding hydrogens is 314 g/mol. The average molecular weight is 341 g/mol. The van der Waals surface area contributed by atoms with Crippen LogP contribution in [0.15, 0.2) is 47.5 Å². The lowest BCUT2D eigenvalue weighted by Gasteiger charge is -2.14. The topological polar surface area (TPSA) is 54.9 Å². The minimum atomic E-state index is 0.641. The monoisotopic (exact) mass is 341 g/mol. The predicted octanol–water partition coefficient (Wildman–Crippen LogP) is 3.27. The highest BCUT2D eigenvalue weighted by Crippen LogP contribution is 2.19. The molecule has 0 saturated carbocycles. The van der Waals surface area contributed by atoms with Crippen LogP contribution in [0.4, 0.5) is 0 Å². The van der Waals surface area contributed by atoms with E-state index in [1.54, 1.807) is 14.2 Å². The van der Waals surface area contributed by atoms with Gasteiger partial charge in [0.1, 0.15) is 11.5 Å². The van der Waals surface area contributed by atoms with Crippen LogP contribution in [-0.2, 0) is 13.1 Å². The Bertz CT molecular complexity index is 714. The Morgan fingerprint density at radius 1 is 1.08 bits per heavy atom. The molecule has 2 aromatic carbocycles. The van der Waals surface area contributed by atoms with E-state index in [0.29, 0.717) is 19.7 Å². The van der Waals surface area contributed by atoms with Crippen molar-refractivity contribution in [2.75, 3.05) is 20.8 Å². The molecule has 25 heavy (non-hydrogen) atoms. The van der Waals surface area contributed by atoms with Gasteiger partial charge in [-0.25, -0.2) is 0 Å². The summed E-state index contributed by atoms with van der Waals surface area (Å²) < 4.78 is 11.0. The summed E-state index contributed by atoms with van der Waals surface area (Å²) in [6.07, 6.45) is 0. The number of hydrogen-bond donors (Lipinski definition) is 2. The summed E-state index contributed by atoms with van der Waals surface area (Å²) in [6, 6.07) is 14.2. The van der Waals surface area contributed by atoms with E-state index in [-0.39, 0.29) is 0 Å². The molecule has 0 saturated heterocycles. The van der Waals surface area contributed by atoms with Crippen LogP contribution in [0.5, 0.6) is 11.5 Å². The van der Waals surface area contributed by atoms with Gasteiger partial charge in [0, 0.05) is 25.7 Å². The van der Waals surface area contributed by atoms with Crippen molar-refractivity contribution >= 4 is 5.96 Å². The molecule has 0 radical (unpaired) electrons. The highest BCUT2D eigenvalue weighted by molar-refractivity contribution is 5.79. The number of nitrogens with zero attached hydrogens (tertiary/aromatic N) is 1. The molecule has 0 spiro atoms. The van der Waals surface area contributed by atoms with Gasteiger partial charge in [0.2, 0.25) is 0 Å². The molecule has 5 heteroatoms. The molecule has 0 aromatic heterocycles. The van der Waals surface area contributed by atoms with Gasteiger partial charge in [-0.1, -0.05) is 24.3 Å². The maximum atomic E-state index is 5.53. The average Bonchev–Trinajstić information content (AvgIpc) is 2.63. The molecule has 0 aliphatic rings. The summed E-state index contributed by atoms with van der Waals surface area (Å²) in [4.78, 5) is 4.27. The Kier molecular flexibility index (Phi) is 7.14. The van der Waals surface area contributed by atoms with Crippen LogP contribution < -0.4 is 20.1 Å². The number of guanidine groups is 1. The van der Waals surface area contributed by atoms with Gasteiger partial charge < -0.3 is 20.1 Å². The molecular formula is C20H27N3O2. The van der Waals surface area contributed by atoms with Crippen LogP contribution >= 0.6 is 0 Å². The van der Waals surface area contributed by atoms with Crippen molar-refractivity contribution in [2.24, 2.45) is 4.99 Å². The molecule has 2 N–H and O–H groups in total. The van der Waals surface area contributed by atoms with Crippen molar-refractivity contribution < 1.29 is 9.47 Å². The fourth-order valence-corrected chi connectivity index (χ4v) is 2.50. The number of aliphatic imine (C=N–C) groups is 1. The lowest BCUT2D eigenvalue weighted by molar-refractivity contribution is 0.340. The first-order valence-electron chi connectivity index (χ1n) is 8.46. The molecule has 0 aliphatic carbocycles. The van der Waals surface area contributed by atoms with Crippen molar-refractivity contribution in [1.82, 2.24) is 10.6 Å². The Hall–Kier alpha value is -2.69. The highest BCUT2D eigenvalue weighted by atomic mass is 16.5. The van der Waals surface area contributed by atoms with Gasteiger partial charge >= 0.3 is 0 Å². The first-order valence-corrected chi connectivity index (χ1v) is 8.46. The van der Waals surface area contributed by atoms with E-state index in [0.717, 1.165) is 28.6 Å². The SMILES string of the molecule is CCOc1cccc(CNC(=NC)NCc2ccc(C)cc2OC)c1. The van der Waals surface area contributed by atoms with Crippen molar-refractivity contribution in [2.45, 2.75) is 26.9 Å². The predicted molar refractivity (Wildman–Crippen MR) is 102 cm³/mol. The second-order valence-corrected chi connectivity index (χ2v) is 5.68. The zero-order chi connectivity index (χ0) is 18.1. The summed E-state index contributed by atoms with van der Waals surface area (Å²) in [6.45, 7) is 6.01. The lowest BCUT2D eigenvalue weighted by Crippen LogP contribution is -2.36. The Morgan fingerprint density at radius 2 is 1.88 bits per heavy atom. The van der Waals surface area contributed by atoms with Gasteiger partial charge in [0.25, 0.3) is 0 Å². The van der Waals surface area contributed by atoms with Crippen molar-refractivity contribution in [3.63, 3.8) is 0 Å². The van der Waals surface area contributed by atoms with Gasteiger partial charge in [-0.15, -0.1) is 0 Å². The number of ether oxygens (including phenoxy) is 2. The summed E-state index contributed by atoms with van der Waals surface area (Å²) >= 11 is 0. The van der Waals surface area contributed by atoms with E-state index in [1.807, 2.05) is 31.2 Å². The second kappa shape index (κ2) is 9.57. The third kappa shape index (κ3) is 5.71. The van der Waals surface area contributed by atoms with Crippen LogP contribution in [0, 0.1) is 6.92 Å². The fraction of sp³-hybridized carbons (Fsp3) is 0.350. The Labute approximate surface area is 150 Å². The molecule has 0 fully saturated rings. The van der Waals surface area contributed by atoms with Crippen molar-refractivity contribution in [1.29, 1.82) is 0 Å². The van der Waals surface area contributed by atoms with Crippen LogP contribution in [0.2, 0.25) is 0 Å². The number of methoxy groups -OCH3 is 1. The molecule has 0 heterocycles. The summed E-state index contributed by atoms with van der Waals surface area (Å²) in [5.74, 6) is 2.51. The van der Waals surface area contributed by atoms with Gasteiger partial charge in [0.05, 0.1) is 13.7 Å². The minimum Gasteiger partial charge on any atom is -0.496 e. The van der Waals surface area contributed by atoms with E-state index in [2.05, 4.69) is 40.7 Å². The quantitative estimate of drug-likeness (QED) is 0.599. The van der Waals surface area contributed by atoms with Crippen molar-refractivity contribution in [3.8, 4) is 11.5 Å². The maximum Gasteiger partial charge on any atom is 0.191 e. The zero-order valence-electron chi connectivity index (χ0n) is 15.4. The van der Waals surface area contributed by atoms with E-state index in [4.69, 9.17) is 9.47 Å². The minimum absolute atomic E-state index is 0.641. The lowest BCUT2D eigenvalue weighted by atomic mass is 10.1. The third-order valence-corrected chi connectivity index (χ3v) is 3.78. The largest absolute Gasteiger partial charge is 0.496 e. The Morgan fingerprint density at radius 3 is 2.60 bits per heavy atom. The molecule has 5 nitrogen and oxygen atoms in total. The van der Waals surface area contributed by atoms with Gasteiger partial charge in [-0.2, -0.15) is 0 Å². The molecule has 0 aliphatic heterocycles. The van der Waals surface area contributed by atoms with Gasteiger partial charge in [-0.05, 0) is 43.2 Å². The van der Waals surface area contributed by atoms with Crippen LogP contribution in [0.1, 0.15) is 23.6 Å². The van der Waals surface area contributed by atoms with E-state index in [9.17, 15) is 0 Å². The molecule has 2 aromatic rings. The van der Waals surface area contributed by atoms with Crippen molar-refractivity contribution in [3.05, 3.63) is 59.2 Å². The molecule has 134 valence electrons. The fourth-order valence-electron chi connectivity index (χ4n) is 2.50. The van der Waals surface area contributed by atoms with Gasteiger partial charge in [0.15, 0.2) is 5.96 Å². The molecule has 0 atom stereocenters. The summed E-state index contributed by atoms with van der Waals surface area (Å²) in [5, 5.41) is 6.63. The van der Waals surface area contributed by atoms with Gasteiger partial charge in [-0.3, -0.25) is 4.99 Å². The van der Waals surface area contributed by atoms with Crippen LogP contribution in [0.25, 0.3) is 0 Å². The number of hydrogen-bond acceptors (Lipinski definition) is 3. The highest BCUT2D eigenvalue weighted by Gasteiger charge is 2.05. The molecule has 0 bridgehead atoms. The van der Waals surface area contributed by atoms with E-state index < -0.39 is 0 Å². The number of nitrogens with one attached hydrogen (secondary N) is 2. The number of rotatable bonds is 7. The standard InChI is InChI=1S/C20H27N3O2/c1-5-25-18-8-6-7-16(12-18)13-22-20(21-3)23-14-17-10-9-15(2)11-19(17)24-4/h6-12H,5,13-14H2,1-4H3,(H2,21,22,23). The first-order chi connectivity index (χ1) is 12.2.